The minimum atomic E-state index is -0.287. The van der Waals surface area contributed by atoms with Gasteiger partial charge in [0, 0.05) is 11.9 Å². The van der Waals surface area contributed by atoms with Gasteiger partial charge < -0.3 is 5.32 Å². The fourth-order valence-corrected chi connectivity index (χ4v) is 1.72. The van der Waals surface area contributed by atoms with Crippen molar-refractivity contribution in [3.8, 4) is 0 Å². The molecule has 0 saturated heterocycles. The smallest absolute Gasteiger partial charge is 0.224 e. The minimum Gasteiger partial charge on any atom is -0.353 e. The molecule has 0 spiro atoms. The molecule has 1 aromatic carbocycles. The summed E-state index contributed by atoms with van der Waals surface area (Å²) < 4.78 is 12.7. The highest BCUT2D eigenvalue weighted by Crippen LogP contribution is 2.04. The van der Waals surface area contributed by atoms with E-state index in [1.54, 1.807) is 12.1 Å². The fraction of sp³-hybridized carbons (Fsp3) is 0.462. The number of rotatable bonds is 6. The van der Waals surface area contributed by atoms with E-state index < -0.39 is 0 Å². The van der Waals surface area contributed by atoms with E-state index >= 15 is 0 Å². The lowest BCUT2D eigenvalue weighted by Gasteiger charge is -2.13. The molecule has 0 aliphatic rings. The lowest BCUT2D eigenvalue weighted by molar-refractivity contribution is -0.121. The molecule has 0 saturated carbocycles. The molecule has 4 heteroatoms. The quantitative estimate of drug-likeness (QED) is 0.780. The zero-order valence-electron chi connectivity index (χ0n) is 9.88. The first kappa shape index (κ1) is 14.0. The molecule has 0 aromatic heterocycles. The summed E-state index contributed by atoms with van der Waals surface area (Å²) in [6.07, 6.45) is 2.05. The average molecular weight is 258 g/mol. The van der Waals surface area contributed by atoms with Gasteiger partial charge in [-0.05, 0) is 37.5 Å². The van der Waals surface area contributed by atoms with Gasteiger partial charge in [-0.2, -0.15) is 0 Å². The maximum absolute atomic E-state index is 12.7. The number of amides is 1. The van der Waals surface area contributed by atoms with Gasteiger partial charge in [0.1, 0.15) is 5.82 Å². The molecule has 17 heavy (non-hydrogen) atoms. The summed E-state index contributed by atoms with van der Waals surface area (Å²) in [5.41, 5.74) is 0.813. The van der Waals surface area contributed by atoms with Crippen molar-refractivity contribution in [2.75, 3.05) is 5.88 Å². The van der Waals surface area contributed by atoms with Gasteiger partial charge in [0.15, 0.2) is 0 Å². The fourth-order valence-electron chi connectivity index (χ4n) is 1.57. The van der Waals surface area contributed by atoms with Gasteiger partial charge in [0.05, 0.1) is 6.42 Å². The Morgan fingerprint density at radius 3 is 2.65 bits per heavy atom. The van der Waals surface area contributed by atoms with Crippen molar-refractivity contribution >= 4 is 17.5 Å². The number of halogens is 2. The predicted octanol–water partition coefficient (Wildman–Crippen LogP) is 2.89. The van der Waals surface area contributed by atoms with Crippen LogP contribution in [0, 0.1) is 5.82 Å². The topological polar surface area (TPSA) is 29.1 Å². The first-order valence-corrected chi connectivity index (χ1v) is 6.25. The second kappa shape index (κ2) is 7.28. The summed E-state index contributed by atoms with van der Waals surface area (Å²) >= 11 is 5.58. The Balaban J connectivity index is 2.36. The minimum absolute atomic E-state index is 0.0429. The van der Waals surface area contributed by atoms with E-state index in [9.17, 15) is 9.18 Å². The molecule has 0 bridgehead atoms. The van der Waals surface area contributed by atoms with Crippen LogP contribution in [-0.4, -0.2) is 17.8 Å². The Hall–Kier alpha value is -1.09. The zero-order chi connectivity index (χ0) is 12.7. The molecule has 1 amide bonds. The number of carbonyl (C=O) groups excluding carboxylic acids is 1. The van der Waals surface area contributed by atoms with Crippen LogP contribution < -0.4 is 5.32 Å². The van der Waals surface area contributed by atoms with E-state index in [4.69, 9.17) is 11.6 Å². The third-order valence-corrected chi connectivity index (χ3v) is 2.72. The Kier molecular flexibility index (Phi) is 5.98. The van der Waals surface area contributed by atoms with Crippen LogP contribution in [-0.2, 0) is 11.2 Å². The third kappa shape index (κ3) is 5.68. The van der Waals surface area contributed by atoms with Crippen LogP contribution in [0.15, 0.2) is 24.3 Å². The summed E-state index contributed by atoms with van der Waals surface area (Å²) in [6, 6.07) is 6.09. The molecule has 1 aromatic rings. The van der Waals surface area contributed by atoms with Gasteiger partial charge >= 0.3 is 0 Å². The highest BCUT2D eigenvalue weighted by atomic mass is 35.5. The predicted molar refractivity (Wildman–Crippen MR) is 67.7 cm³/mol. The second-order valence-corrected chi connectivity index (χ2v) is 4.48. The van der Waals surface area contributed by atoms with Crippen LogP contribution in [0.5, 0.6) is 0 Å². The lowest BCUT2D eigenvalue weighted by atomic mass is 10.1. The molecule has 0 fully saturated rings. The average Bonchev–Trinajstić information content (AvgIpc) is 2.29. The molecule has 1 atom stereocenters. The van der Waals surface area contributed by atoms with Crippen LogP contribution in [0.25, 0.3) is 0 Å². The molecule has 1 N–H and O–H groups in total. The summed E-state index contributed by atoms with van der Waals surface area (Å²) in [7, 11) is 0. The standard InChI is InChI=1S/C13H17ClFNO/c1-10(3-2-8-14)16-13(17)9-11-4-6-12(15)7-5-11/h4-7,10H,2-3,8-9H2,1H3,(H,16,17). The molecule has 0 aliphatic carbocycles. The normalized spacial score (nSPS) is 12.2. The maximum atomic E-state index is 12.7. The van der Waals surface area contributed by atoms with Crippen molar-refractivity contribution in [3.05, 3.63) is 35.6 Å². The molecule has 0 heterocycles. The highest BCUT2D eigenvalue weighted by Gasteiger charge is 2.07. The number of hydrogen-bond acceptors (Lipinski definition) is 1. The summed E-state index contributed by atoms with van der Waals surface area (Å²) in [5.74, 6) is 0.279. The number of nitrogens with one attached hydrogen (secondary N) is 1. The number of hydrogen-bond donors (Lipinski definition) is 1. The van der Waals surface area contributed by atoms with Crippen molar-refractivity contribution in [1.29, 1.82) is 0 Å². The van der Waals surface area contributed by atoms with Crippen LogP contribution >= 0.6 is 11.6 Å². The van der Waals surface area contributed by atoms with E-state index in [0.717, 1.165) is 18.4 Å². The summed E-state index contributed by atoms with van der Waals surface area (Å²) in [4.78, 5) is 11.6. The van der Waals surface area contributed by atoms with Crippen LogP contribution in [0.3, 0.4) is 0 Å². The van der Waals surface area contributed by atoms with Gasteiger partial charge in [0.25, 0.3) is 0 Å². The van der Waals surface area contributed by atoms with Crippen molar-refractivity contribution in [2.24, 2.45) is 0 Å². The van der Waals surface area contributed by atoms with E-state index in [1.165, 1.54) is 12.1 Å². The van der Waals surface area contributed by atoms with Crippen LogP contribution in [0.2, 0.25) is 0 Å². The molecular weight excluding hydrogens is 241 g/mol. The van der Waals surface area contributed by atoms with Crippen molar-refractivity contribution in [2.45, 2.75) is 32.2 Å². The molecule has 0 aliphatic heterocycles. The SMILES string of the molecule is CC(CCCCl)NC(=O)Cc1ccc(F)cc1. The van der Waals surface area contributed by atoms with Crippen LogP contribution in [0.1, 0.15) is 25.3 Å². The molecule has 2 nitrogen and oxygen atoms in total. The molecule has 94 valence electrons. The highest BCUT2D eigenvalue weighted by molar-refractivity contribution is 6.17. The lowest BCUT2D eigenvalue weighted by Crippen LogP contribution is -2.33. The number of alkyl halides is 1. The Morgan fingerprint density at radius 1 is 1.41 bits per heavy atom. The summed E-state index contributed by atoms with van der Waals surface area (Å²) in [5, 5.41) is 2.89. The molecule has 1 rings (SSSR count). The Bertz CT molecular complexity index is 353. The van der Waals surface area contributed by atoms with Gasteiger partial charge in [0.2, 0.25) is 5.91 Å². The summed E-state index contributed by atoms with van der Waals surface area (Å²) in [6.45, 7) is 1.95. The first-order chi connectivity index (χ1) is 8.11. The first-order valence-electron chi connectivity index (χ1n) is 5.71. The van der Waals surface area contributed by atoms with Crippen molar-refractivity contribution in [3.63, 3.8) is 0 Å². The third-order valence-electron chi connectivity index (χ3n) is 2.46. The largest absolute Gasteiger partial charge is 0.353 e. The second-order valence-electron chi connectivity index (χ2n) is 4.10. The van der Waals surface area contributed by atoms with Gasteiger partial charge in [-0.25, -0.2) is 4.39 Å². The van der Waals surface area contributed by atoms with Crippen LogP contribution in [0.4, 0.5) is 4.39 Å². The monoisotopic (exact) mass is 257 g/mol. The van der Waals surface area contributed by atoms with Gasteiger partial charge in [-0.15, -0.1) is 11.6 Å². The van der Waals surface area contributed by atoms with Crippen molar-refractivity contribution < 1.29 is 9.18 Å². The number of carbonyl (C=O) groups is 1. The van der Waals surface area contributed by atoms with E-state index in [1.807, 2.05) is 6.92 Å². The zero-order valence-corrected chi connectivity index (χ0v) is 10.6. The van der Waals surface area contributed by atoms with E-state index in [0.29, 0.717) is 5.88 Å². The molecule has 1 unspecified atom stereocenters. The van der Waals surface area contributed by atoms with E-state index in [-0.39, 0.29) is 24.2 Å². The van der Waals surface area contributed by atoms with Gasteiger partial charge in [-0.1, -0.05) is 12.1 Å². The number of benzene rings is 1. The Labute approximate surface area is 106 Å². The molecule has 0 radical (unpaired) electrons. The molecular formula is C13H17ClFNO. The maximum Gasteiger partial charge on any atom is 0.224 e. The van der Waals surface area contributed by atoms with Gasteiger partial charge in [-0.3, -0.25) is 4.79 Å². The van der Waals surface area contributed by atoms with E-state index in [2.05, 4.69) is 5.32 Å². The Morgan fingerprint density at radius 2 is 2.06 bits per heavy atom. The van der Waals surface area contributed by atoms with Crippen molar-refractivity contribution in [1.82, 2.24) is 5.32 Å².